The van der Waals surface area contributed by atoms with Crippen LogP contribution in [0.1, 0.15) is 32.6 Å². The van der Waals surface area contributed by atoms with E-state index in [4.69, 9.17) is 14.2 Å². The molecular weight excluding hydrogens is 242 g/mol. The predicted octanol–water partition coefficient (Wildman–Crippen LogP) is -0.304. The van der Waals surface area contributed by atoms with Crippen molar-refractivity contribution in [3.05, 3.63) is 0 Å². The number of hydrogen-bond donors (Lipinski definition) is 1. The van der Waals surface area contributed by atoms with Crippen molar-refractivity contribution in [2.45, 2.75) is 62.7 Å². The van der Waals surface area contributed by atoms with Crippen molar-refractivity contribution >= 4 is 15.7 Å². The Morgan fingerprint density at radius 2 is 2.05 bits per heavy atom. The Bertz CT molecular complexity index is 279. The molecule has 6 atom stereocenters. The third-order valence-corrected chi connectivity index (χ3v) is 4.45. The van der Waals surface area contributed by atoms with Gasteiger partial charge in [-0.25, -0.2) is 0 Å². The van der Waals surface area contributed by atoms with E-state index >= 15 is 0 Å². The molecule has 2 rings (SSSR count). The number of aliphatic hydroxyl groups is 1. The van der Waals surface area contributed by atoms with Crippen LogP contribution in [0.2, 0.25) is 5.82 Å². The van der Waals surface area contributed by atoms with Crippen LogP contribution in [-0.4, -0.2) is 58.5 Å². The van der Waals surface area contributed by atoms with Crippen molar-refractivity contribution in [3.63, 3.8) is 0 Å². The van der Waals surface area contributed by atoms with E-state index in [1.807, 2.05) is 7.85 Å². The molecule has 1 saturated carbocycles. The van der Waals surface area contributed by atoms with Gasteiger partial charge in [-0.3, -0.25) is 0 Å². The summed E-state index contributed by atoms with van der Waals surface area (Å²) in [7, 11) is 4.27. The minimum Gasteiger partial charge on any atom is -0.390 e. The average Bonchev–Trinajstić information content (AvgIpc) is 2.87. The van der Waals surface area contributed by atoms with Gasteiger partial charge in [-0.15, -0.1) is 0 Å². The van der Waals surface area contributed by atoms with Crippen LogP contribution in [0.4, 0.5) is 0 Å². The molecule has 0 spiro atoms. The molecule has 0 aromatic carbocycles. The summed E-state index contributed by atoms with van der Waals surface area (Å²) in [5.41, 5.74) is 0. The van der Waals surface area contributed by atoms with Crippen molar-refractivity contribution in [2.75, 3.05) is 13.4 Å². The van der Waals surface area contributed by atoms with Gasteiger partial charge >= 0.3 is 0 Å². The van der Waals surface area contributed by atoms with E-state index in [0.29, 0.717) is 31.8 Å². The molecule has 19 heavy (non-hydrogen) atoms. The first-order valence-electron chi connectivity index (χ1n) is 7.63. The van der Waals surface area contributed by atoms with Crippen LogP contribution in [0.3, 0.4) is 0 Å². The lowest BCUT2D eigenvalue weighted by Crippen LogP contribution is -2.28. The fourth-order valence-corrected chi connectivity index (χ4v) is 3.37. The maximum Gasteiger partial charge on any atom is 0.147 e. The van der Waals surface area contributed by atoms with E-state index in [0.717, 1.165) is 12.2 Å². The maximum atomic E-state index is 9.74. The molecule has 0 radical (unpaired) electrons. The quantitative estimate of drug-likeness (QED) is 0.408. The molecule has 6 unspecified atom stereocenters. The van der Waals surface area contributed by atoms with E-state index in [-0.39, 0.29) is 12.1 Å². The highest BCUT2D eigenvalue weighted by atomic mass is 16.7. The van der Waals surface area contributed by atoms with Crippen LogP contribution in [-0.2, 0) is 14.2 Å². The fourth-order valence-electron chi connectivity index (χ4n) is 3.37. The summed E-state index contributed by atoms with van der Waals surface area (Å²) in [4.78, 5) is 0. The summed E-state index contributed by atoms with van der Waals surface area (Å²) < 4.78 is 16.9. The standard InChI is InChI=1S/C13H26B2O4/c1-2-8-3-9(14)4-11(8)18-7-17-6-12-10(16)5-13(15)19-12/h8-13,16H,2-7,14-15H2,1H3. The SMILES string of the molecule is BC1CC(CC)C(OCOCC2OC(B)CC2O)C1. The zero-order chi connectivity index (χ0) is 13.8. The smallest absolute Gasteiger partial charge is 0.147 e. The monoisotopic (exact) mass is 268 g/mol. The molecule has 1 saturated heterocycles. The Morgan fingerprint density at radius 1 is 1.26 bits per heavy atom. The molecule has 1 aliphatic carbocycles. The van der Waals surface area contributed by atoms with Gasteiger partial charge in [-0.1, -0.05) is 25.6 Å². The second-order valence-electron chi connectivity index (χ2n) is 6.23. The van der Waals surface area contributed by atoms with Crippen LogP contribution in [0.15, 0.2) is 0 Å². The van der Waals surface area contributed by atoms with Gasteiger partial charge in [0.05, 0.1) is 18.8 Å². The second kappa shape index (κ2) is 7.11. The fraction of sp³-hybridized carbons (Fsp3) is 1.00. The first-order valence-corrected chi connectivity index (χ1v) is 7.63. The number of aliphatic hydroxyl groups excluding tert-OH is 1. The van der Waals surface area contributed by atoms with Crippen molar-refractivity contribution < 1.29 is 19.3 Å². The van der Waals surface area contributed by atoms with E-state index in [2.05, 4.69) is 14.8 Å². The van der Waals surface area contributed by atoms with Gasteiger partial charge in [0.2, 0.25) is 0 Å². The van der Waals surface area contributed by atoms with Crippen LogP contribution in [0.5, 0.6) is 0 Å². The van der Waals surface area contributed by atoms with Crippen molar-refractivity contribution in [2.24, 2.45) is 5.92 Å². The van der Waals surface area contributed by atoms with Gasteiger partial charge in [0.15, 0.2) is 0 Å². The number of hydrogen-bond acceptors (Lipinski definition) is 4. The average molecular weight is 268 g/mol. The summed E-state index contributed by atoms with van der Waals surface area (Å²) in [6, 6.07) is 0.129. The van der Waals surface area contributed by atoms with Gasteiger partial charge < -0.3 is 19.3 Å². The zero-order valence-corrected chi connectivity index (χ0v) is 12.4. The Balaban J connectivity index is 1.61. The lowest BCUT2D eigenvalue weighted by Gasteiger charge is -2.20. The third-order valence-electron chi connectivity index (χ3n) is 4.45. The first-order chi connectivity index (χ1) is 9.10. The third kappa shape index (κ3) is 4.22. The molecule has 1 heterocycles. The van der Waals surface area contributed by atoms with E-state index < -0.39 is 6.10 Å². The maximum absolute atomic E-state index is 9.74. The minimum atomic E-state index is -0.398. The topological polar surface area (TPSA) is 47.9 Å². The molecule has 1 N–H and O–H groups in total. The highest BCUT2D eigenvalue weighted by molar-refractivity contribution is 6.11. The second-order valence-corrected chi connectivity index (χ2v) is 6.23. The molecule has 0 aromatic rings. The van der Waals surface area contributed by atoms with E-state index in [9.17, 15) is 5.11 Å². The molecular formula is C13H26B2O4. The highest BCUT2D eigenvalue weighted by Crippen LogP contribution is 2.37. The molecule has 0 aromatic heterocycles. The molecule has 0 amide bonds. The molecule has 6 heteroatoms. The molecule has 4 nitrogen and oxygen atoms in total. The Hall–Kier alpha value is -0.0301. The number of ether oxygens (including phenoxy) is 3. The normalized spacial score (nSPS) is 42.8. The van der Waals surface area contributed by atoms with Crippen LogP contribution >= 0.6 is 0 Å². The lowest BCUT2D eigenvalue weighted by molar-refractivity contribution is -0.126. The molecule has 1 aliphatic heterocycles. The van der Waals surface area contributed by atoms with Gasteiger partial charge in [-0.05, 0) is 18.8 Å². The number of rotatable bonds is 6. The predicted molar refractivity (Wildman–Crippen MR) is 78.8 cm³/mol. The largest absolute Gasteiger partial charge is 0.390 e. The van der Waals surface area contributed by atoms with Crippen LogP contribution in [0, 0.1) is 5.92 Å². The van der Waals surface area contributed by atoms with Crippen molar-refractivity contribution in [3.8, 4) is 0 Å². The van der Waals surface area contributed by atoms with Gasteiger partial charge in [-0.2, -0.15) is 0 Å². The van der Waals surface area contributed by atoms with E-state index in [1.54, 1.807) is 0 Å². The molecule has 2 aliphatic rings. The highest BCUT2D eigenvalue weighted by Gasteiger charge is 2.33. The Labute approximate surface area is 118 Å². The Kier molecular flexibility index (Phi) is 5.75. The van der Waals surface area contributed by atoms with Gasteiger partial charge in [0.25, 0.3) is 0 Å². The first kappa shape index (κ1) is 15.4. The summed E-state index contributed by atoms with van der Waals surface area (Å²) >= 11 is 0. The van der Waals surface area contributed by atoms with Crippen LogP contribution in [0.25, 0.3) is 0 Å². The molecule has 108 valence electrons. The summed E-state index contributed by atoms with van der Waals surface area (Å²) in [5.74, 6) is 1.43. The minimum absolute atomic E-state index is 0.129. The summed E-state index contributed by atoms with van der Waals surface area (Å²) in [6.07, 6.45) is 4.04. The lowest BCUT2D eigenvalue weighted by atomic mass is 9.85. The zero-order valence-electron chi connectivity index (χ0n) is 12.4. The van der Waals surface area contributed by atoms with Gasteiger partial charge in [0, 0.05) is 6.00 Å². The molecule has 2 fully saturated rings. The Morgan fingerprint density at radius 3 is 2.68 bits per heavy atom. The van der Waals surface area contributed by atoms with Crippen molar-refractivity contribution in [1.82, 2.24) is 0 Å². The van der Waals surface area contributed by atoms with Crippen LogP contribution < -0.4 is 0 Å². The van der Waals surface area contributed by atoms with E-state index in [1.165, 1.54) is 12.8 Å². The summed E-state index contributed by atoms with van der Waals surface area (Å²) in [6.45, 7) is 2.96. The summed E-state index contributed by atoms with van der Waals surface area (Å²) in [5, 5.41) is 9.74. The van der Waals surface area contributed by atoms with Crippen molar-refractivity contribution in [1.29, 1.82) is 0 Å². The van der Waals surface area contributed by atoms with Gasteiger partial charge in [0.1, 0.15) is 28.6 Å². The molecule has 0 bridgehead atoms.